The van der Waals surface area contributed by atoms with Gasteiger partial charge in [-0.1, -0.05) is 19.8 Å². The SMILES string of the molecule is CCC1(C)NC(=O)N(CC(=O)N2CCCCCC2)C1=O. The van der Waals surface area contributed by atoms with E-state index in [1.807, 2.05) is 6.92 Å². The second kappa shape index (κ2) is 5.81. The normalized spacial score (nSPS) is 27.5. The van der Waals surface area contributed by atoms with Crippen LogP contribution in [0.2, 0.25) is 0 Å². The van der Waals surface area contributed by atoms with Crippen LogP contribution in [0.25, 0.3) is 0 Å². The molecule has 0 saturated carbocycles. The Morgan fingerprint density at radius 3 is 2.30 bits per heavy atom. The highest BCUT2D eigenvalue weighted by atomic mass is 16.2. The van der Waals surface area contributed by atoms with Crippen LogP contribution in [0.4, 0.5) is 4.79 Å². The number of nitrogens with one attached hydrogen (secondary N) is 1. The maximum atomic E-state index is 12.2. The smallest absolute Gasteiger partial charge is 0.325 e. The van der Waals surface area contributed by atoms with E-state index in [-0.39, 0.29) is 18.4 Å². The number of hydrogen-bond donors (Lipinski definition) is 1. The second-order valence-electron chi connectivity index (χ2n) is 5.80. The van der Waals surface area contributed by atoms with Gasteiger partial charge in [0.25, 0.3) is 5.91 Å². The van der Waals surface area contributed by atoms with Crippen molar-refractivity contribution >= 4 is 17.8 Å². The summed E-state index contributed by atoms with van der Waals surface area (Å²) < 4.78 is 0. The van der Waals surface area contributed by atoms with E-state index in [9.17, 15) is 14.4 Å². The van der Waals surface area contributed by atoms with Crippen molar-refractivity contribution in [2.24, 2.45) is 0 Å². The van der Waals surface area contributed by atoms with Gasteiger partial charge in [0, 0.05) is 13.1 Å². The molecule has 6 heteroatoms. The van der Waals surface area contributed by atoms with Crippen molar-refractivity contribution in [3.05, 3.63) is 0 Å². The number of likely N-dealkylation sites (tertiary alicyclic amines) is 1. The highest BCUT2D eigenvalue weighted by molar-refractivity contribution is 6.08. The molecule has 6 nitrogen and oxygen atoms in total. The Hall–Kier alpha value is -1.59. The van der Waals surface area contributed by atoms with Crippen LogP contribution in [-0.4, -0.2) is 52.8 Å². The lowest BCUT2D eigenvalue weighted by Crippen LogP contribution is -2.45. The Kier molecular flexibility index (Phi) is 4.30. The summed E-state index contributed by atoms with van der Waals surface area (Å²) in [5.74, 6) is -0.427. The number of carbonyl (C=O) groups is 3. The average Bonchev–Trinajstić information content (AvgIpc) is 2.67. The van der Waals surface area contributed by atoms with Crippen LogP contribution in [0.1, 0.15) is 46.0 Å². The van der Waals surface area contributed by atoms with Crippen molar-refractivity contribution in [2.45, 2.75) is 51.5 Å². The van der Waals surface area contributed by atoms with Gasteiger partial charge in [-0.25, -0.2) is 4.79 Å². The second-order valence-corrected chi connectivity index (χ2v) is 5.80. The van der Waals surface area contributed by atoms with Crippen LogP contribution in [0, 0.1) is 0 Å². The molecule has 1 unspecified atom stereocenters. The van der Waals surface area contributed by atoms with Crippen LogP contribution in [0.15, 0.2) is 0 Å². The molecule has 1 N–H and O–H groups in total. The summed E-state index contributed by atoms with van der Waals surface area (Å²) in [6, 6.07) is -0.456. The minimum atomic E-state index is -0.865. The van der Waals surface area contributed by atoms with Crippen LogP contribution >= 0.6 is 0 Å². The highest BCUT2D eigenvalue weighted by Crippen LogP contribution is 2.21. The Morgan fingerprint density at radius 2 is 1.80 bits per heavy atom. The standard InChI is InChI=1S/C14H23N3O3/c1-3-14(2)12(19)17(13(20)15-14)10-11(18)16-8-6-4-5-7-9-16/h3-10H2,1-2H3,(H,15,20). The zero-order valence-electron chi connectivity index (χ0n) is 12.3. The molecule has 1 atom stereocenters. The Bertz CT molecular complexity index is 416. The van der Waals surface area contributed by atoms with Gasteiger partial charge in [0.2, 0.25) is 5.91 Å². The molecule has 2 fully saturated rings. The van der Waals surface area contributed by atoms with E-state index in [2.05, 4.69) is 5.32 Å². The lowest BCUT2D eigenvalue weighted by molar-refractivity contribution is -0.138. The third-order valence-corrected chi connectivity index (χ3v) is 4.30. The Balaban J connectivity index is 2.00. The predicted molar refractivity (Wildman–Crippen MR) is 74.0 cm³/mol. The molecule has 2 heterocycles. The van der Waals surface area contributed by atoms with Gasteiger partial charge < -0.3 is 10.2 Å². The molecule has 2 saturated heterocycles. The minimum Gasteiger partial charge on any atom is -0.341 e. The molecule has 4 amide bonds. The first-order valence-corrected chi connectivity index (χ1v) is 7.40. The summed E-state index contributed by atoms with van der Waals surface area (Å²) >= 11 is 0. The first-order valence-electron chi connectivity index (χ1n) is 7.40. The van der Waals surface area contributed by atoms with Crippen LogP contribution in [0.3, 0.4) is 0 Å². The van der Waals surface area contributed by atoms with Crippen molar-refractivity contribution in [3.63, 3.8) is 0 Å². The molecule has 0 bridgehead atoms. The van der Waals surface area contributed by atoms with E-state index in [4.69, 9.17) is 0 Å². The van der Waals surface area contributed by atoms with Crippen molar-refractivity contribution in [2.75, 3.05) is 19.6 Å². The van der Waals surface area contributed by atoms with Crippen molar-refractivity contribution in [3.8, 4) is 0 Å². The molecule has 112 valence electrons. The van der Waals surface area contributed by atoms with Crippen molar-refractivity contribution in [1.82, 2.24) is 15.1 Å². The fraction of sp³-hybridized carbons (Fsp3) is 0.786. The molecule has 0 spiro atoms. The van der Waals surface area contributed by atoms with E-state index in [0.717, 1.165) is 43.7 Å². The van der Waals surface area contributed by atoms with Crippen molar-refractivity contribution < 1.29 is 14.4 Å². The third-order valence-electron chi connectivity index (χ3n) is 4.30. The Morgan fingerprint density at radius 1 is 1.20 bits per heavy atom. The Labute approximate surface area is 119 Å². The molecular formula is C14H23N3O3. The number of hydrogen-bond acceptors (Lipinski definition) is 3. The average molecular weight is 281 g/mol. The summed E-state index contributed by atoms with van der Waals surface area (Å²) in [6.45, 7) is 4.86. The lowest BCUT2D eigenvalue weighted by Gasteiger charge is -2.23. The van der Waals surface area contributed by atoms with Gasteiger partial charge in [-0.05, 0) is 26.2 Å². The summed E-state index contributed by atoms with van der Waals surface area (Å²) in [6.07, 6.45) is 4.80. The topological polar surface area (TPSA) is 69.7 Å². The van der Waals surface area contributed by atoms with Crippen LogP contribution in [0.5, 0.6) is 0 Å². The summed E-state index contributed by atoms with van der Waals surface area (Å²) in [7, 11) is 0. The lowest BCUT2D eigenvalue weighted by atomic mass is 9.99. The molecular weight excluding hydrogens is 258 g/mol. The molecule has 0 aliphatic carbocycles. The maximum absolute atomic E-state index is 12.2. The number of nitrogens with zero attached hydrogens (tertiary/aromatic N) is 2. The number of urea groups is 1. The van der Waals surface area contributed by atoms with Crippen LogP contribution < -0.4 is 5.32 Å². The minimum absolute atomic E-state index is 0.129. The zero-order valence-corrected chi connectivity index (χ0v) is 12.3. The molecule has 20 heavy (non-hydrogen) atoms. The van der Waals surface area contributed by atoms with Gasteiger partial charge >= 0.3 is 6.03 Å². The number of amides is 4. The predicted octanol–water partition coefficient (Wildman–Crippen LogP) is 1.11. The summed E-state index contributed by atoms with van der Waals surface area (Å²) in [5, 5.41) is 2.67. The van der Waals surface area contributed by atoms with Gasteiger partial charge in [0.15, 0.2) is 0 Å². The number of carbonyl (C=O) groups excluding carboxylic acids is 3. The monoisotopic (exact) mass is 281 g/mol. The van der Waals surface area contributed by atoms with Gasteiger partial charge in [-0.2, -0.15) is 0 Å². The maximum Gasteiger partial charge on any atom is 0.325 e. The van der Waals surface area contributed by atoms with Gasteiger partial charge in [0.1, 0.15) is 12.1 Å². The molecule has 2 rings (SSSR count). The fourth-order valence-corrected chi connectivity index (χ4v) is 2.69. The molecule has 2 aliphatic heterocycles. The highest BCUT2D eigenvalue weighted by Gasteiger charge is 2.47. The number of imide groups is 1. The molecule has 0 radical (unpaired) electrons. The van der Waals surface area contributed by atoms with E-state index in [0.29, 0.717) is 6.42 Å². The summed E-state index contributed by atoms with van der Waals surface area (Å²) in [5.41, 5.74) is -0.865. The van der Waals surface area contributed by atoms with Gasteiger partial charge in [0.05, 0.1) is 0 Å². The molecule has 2 aliphatic rings. The van der Waals surface area contributed by atoms with Gasteiger partial charge in [-0.15, -0.1) is 0 Å². The van der Waals surface area contributed by atoms with Crippen LogP contribution in [-0.2, 0) is 9.59 Å². The van der Waals surface area contributed by atoms with Gasteiger partial charge in [-0.3, -0.25) is 14.5 Å². The fourth-order valence-electron chi connectivity index (χ4n) is 2.69. The largest absolute Gasteiger partial charge is 0.341 e. The summed E-state index contributed by atoms with van der Waals surface area (Å²) in [4.78, 5) is 39.2. The van der Waals surface area contributed by atoms with E-state index < -0.39 is 11.6 Å². The first kappa shape index (κ1) is 14.8. The van der Waals surface area contributed by atoms with Crippen molar-refractivity contribution in [1.29, 1.82) is 0 Å². The van der Waals surface area contributed by atoms with E-state index in [1.54, 1.807) is 11.8 Å². The van der Waals surface area contributed by atoms with E-state index >= 15 is 0 Å². The molecule has 0 aromatic carbocycles. The quantitative estimate of drug-likeness (QED) is 0.788. The molecule has 0 aromatic rings. The molecule has 0 aromatic heterocycles. The first-order chi connectivity index (χ1) is 9.48. The zero-order chi connectivity index (χ0) is 14.8. The number of rotatable bonds is 3. The third kappa shape index (κ3) is 2.78. The van der Waals surface area contributed by atoms with E-state index in [1.165, 1.54) is 0 Å².